The van der Waals surface area contributed by atoms with Crippen molar-refractivity contribution in [2.75, 3.05) is 6.61 Å². The lowest BCUT2D eigenvalue weighted by Gasteiger charge is -2.53. The highest BCUT2D eigenvalue weighted by Gasteiger charge is 2.58. The van der Waals surface area contributed by atoms with Crippen LogP contribution in [0.4, 0.5) is 0 Å². The summed E-state index contributed by atoms with van der Waals surface area (Å²) in [5.74, 6) is -1.69. The van der Waals surface area contributed by atoms with E-state index in [1.807, 2.05) is 118 Å². The third-order valence-corrected chi connectivity index (χ3v) is 8.98. The number of benzene rings is 4. The van der Waals surface area contributed by atoms with Gasteiger partial charge in [-0.05, 0) is 91.5 Å². The molecule has 4 nitrogen and oxygen atoms in total. The molecule has 0 amide bonds. The van der Waals surface area contributed by atoms with Gasteiger partial charge in [-0.2, -0.15) is 0 Å². The molecular formula is C40H48O4. The molecule has 1 heterocycles. The number of rotatable bonds is 6. The third-order valence-electron chi connectivity index (χ3n) is 8.98. The second kappa shape index (κ2) is 11.6. The summed E-state index contributed by atoms with van der Waals surface area (Å²) in [5, 5.41) is 26.9. The second-order valence-corrected chi connectivity index (χ2v) is 13.9. The quantitative estimate of drug-likeness (QED) is 0.238. The van der Waals surface area contributed by atoms with Gasteiger partial charge in [0.1, 0.15) is 17.3 Å². The Kier molecular flexibility index (Phi) is 8.45. The summed E-state index contributed by atoms with van der Waals surface area (Å²) < 4.78 is 13.3. The lowest BCUT2D eigenvalue weighted by atomic mass is 9.66. The Labute approximate surface area is 263 Å². The predicted octanol–water partition coefficient (Wildman–Crippen LogP) is 8.09. The van der Waals surface area contributed by atoms with Crippen molar-refractivity contribution in [1.29, 1.82) is 0 Å². The van der Waals surface area contributed by atoms with E-state index in [1.165, 1.54) is 0 Å². The summed E-state index contributed by atoms with van der Waals surface area (Å²) >= 11 is 0. The van der Waals surface area contributed by atoms with Crippen molar-refractivity contribution in [2.24, 2.45) is 5.92 Å². The van der Waals surface area contributed by atoms with E-state index >= 15 is 0 Å². The van der Waals surface area contributed by atoms with Gasteiger partial charge in [0, 0.05) is 5.92 Å². The number of hydrogen-bond donors (Lipinski definition) is 2. The molecule has 0 radical (unpaired) electrons. The van der Waals surface area contributed by atoms with Crippen LogP contribution in [0.25, 0.3) is 0 Å². The Morgan fingerprint density at radius 1 is 0.500 bits per heavy atom. The van der Waals surface area contributed by atoms with E-state index in [0.29, 0.717) is 0 Å². The highest BCUT2D eigenvalue weighted by molar-refractivity contribution is 5.48. The van der Waals surface area contributed by atoms with Crippen molar-refractivity contribution in [1.82, 2.24) is 0 Å². The van der Waals surface area contributed by atoms with Gasteiger partial charge >= 0.3 is 0 Å². The maximum atomic E-state index is 13.5. The zero-order valence-corrected chi connectivity index (χ0v) is 28.0. The Morgan fingerprint density at radius 2 is 0.773 bits per heavy atom. The minimum Gasteiger partial charge on any atom is -0.380 e. The minimum absolute atomic E-state index is 0.173. The van der Waals surface area contributed by atoms with Crippen LogP contribution in [0.1, 0.15) is 80.6 Å². The fourth-order valence-electron chi connectivity index (χ4n) is 7.38. The number of hydrogen-bond acceptors (Lipinski definition) is 4. The topological polar surface area (TPSA) is 58.9 Å². The fourth-order valence-corrected chi connectivity index (χ4v) is 7.38. The summed E-state index contributed by atoms with van der Waals surface area (Å²) in [6.45, 7) is 20.3. The molecule has 2 N–H and O–H groups in total. The molecule has 0 aromatic heterocycles. The molecule has 1 fully saturated rings. The van der Waals surface area contributed by atoms with Crippen molar-refractivity contribution >= 4 is 0 Å². The van der Waals surface area contributed by atoms with E-state index in [0.717, 1.165) is 66.8 Å². The Hall–Kier alpha value is -3.28. The average Bonchev–Trinajstić information content (AvgIpc) is 2.89. The van der Waals surface area contributed by atoms with Crippen LogP contribution in [0.3, 0.4) is 0 Å². The van der Waals surface area contributed by atoms with Crippen LogP contribution in [0.2, 0.25) is 0 Å². The largest absolute Gasteiger partial charge is 0.380 e. The Bertz CT molecular complexity index is 1510. The first-order valence-electron chi connectivity index (χ1n) is 15.6. The van der Waals surface area contributed by atoms with Crippen molar-refractivity contribution in [3.63, 3.8) is 0 Å². The first-order valence-corrected chi connectivity index (χ1v) is 15.6. The second-order valence-electron chi connectivity index (χ2n) is 13.9. The van der Waals surface area contributed by atoms with E-state index in [4.69, 9.17) is 9.47 Å². The van der Waals surface area contributed by atoms with Gasteiger partial charge in [-0.3, -0.25) is 0 Å². The van der Waals surface area contributed by atoms with Crippen molar-refractivity contribution in [3.8, 4) is 0 Å². The van der Waals surface area contributed by atoms with Gasteiger partial charge in [0.25, 0.3) is 0 Å². The number of aryl methyl sites for hydroxylation is 8. The van der Waals surface area contributed by atoms with Crippen LogP contribution in [-0.2, 0) is 20.7 Å². The van der Waals surface area contributed by atoms with Gasteiger partial charge in [-0.25, -0.2) is 0 Å². The van der Waals surface area contributed by atoms with E-state index in [-0.39, 0.29) is 6.61 Å². The molecule has 5 rings (SSSR count). The van der Waals surface area contributed by atoms with E-state index in [2.05, 4.69) is 24.3 Å². The smallest absolute Gasteiger partial charge is 0.163 e. The SMILES string of the molecule is Cc1cc(C)cc(C(O)(c2cc(C)cc(C)c2)[C@H]2COC(C)(C)O[C@@H]2C(O)(c2cc(C)cc(C)c2)c2cc(C)cc(C)c2)c1. The Balaban J connectivity index is 1.87. The molecule has 0 unspecified atom stereocenters. The van der Waals surface area contributed by atoms with Crippen LogP contribution < -0.4 is 0 Å². The molecule has 44 heavy (non-hydrogen) atoms. The van der Waals surface area contributed by atoms with Gasteiger partial charge in [0.2, 0.25) is 0 Å². The summed E-state index contributed by atoms with van der Waals surface area (Å²) in [6.07, 6.45) is -0.889. The molecule has 1 aliphatic rings. The van der Waals surface area contributed by atoms with Crippen molar-refractivity contribution in [3.05, 3.63) is 140 Å². The molecule has 0 saturated carbocycles. The van der Waals surface area contributed by atoms with Crippen LogP contribution in [0, 0.1) is 61.3 Å². The molecule has 232 valence electrons. The molecule has 2 atom stereocenters. The monoisotopic (exact) mass is 592 g/mol. The lowest BCUT2D eigenvalue weighted by Crippen LogP contribution is -2.61. The van der Waals surface area contributed by atoms with Crippen LogP contribution in [0.15, 0.2) is 72.8 Å². The van der Waals surface area contributed by atoms with Gasteiger partial charge in [-0.1, -0.05) is 117 Å². The van der Waals surface area contributed by atoms with Gasteiger partial charge < -0.3 is 19.7 Å². The normalized spacial score (nSPS) is 18.8. The van der Waals surface area contributed by atoms with E-state index in [9.17, 15) is 10.2 Å². The van der Waals surface area contributed by atoms with Crippen molar-refractivity contribution in [2.45, 2.75) is 92.3 Å². The zero-order chi connectivity index (χ0) is 32.2. The average molecular weight is 593 g/mol. The van der Waals surface area contributed by atoms with Crippen LogP contribution >= 0.6 is 0 Å². The number of ether oxygens (including phenoxy) is 2. The first kappa shape index (κ1) is 32.1. The van der Waals surface area contributed by atoms with E-state index in [1.54, 1.807) is 0 Å². The standard InChI is InChI=1S/C40H48O4/c1-24-11-25(2)16-32(15-24)39(41,33-17-26(3)12-27(4)18-33)36-23-43-38(9,10)44-37(36)40(42,34-19-28(5)13-29(6)20-34)35-21-30(7)14-31(8)22-35/h11-22,36-37,41-42H,23H2,1-10H3/t36-,37-/m0/s1. The summed E-state index contributed by atoms with van der Waals surface area (Å²) in [7, 11) is 0. The predicted molar refractivity (Wildman–Crippen MR) is 178 cm³/mol. The van der Waals surface area contributed by atoms with Gasteiger partial charge in [0.15, 0.2) is 5.79 Å². The van der Waals surface area contributed by atoms with Gasteiger partial charge in [-0.15, -0.1) is 0 Å². The molecule has 0 bridgehead atoms. The summed E-state index contributed by atoms with van der Waals surface area (Å²) in [5.41, 5.74) is 8.19. The van der Waals surface area contributed by atoms with E-state index < -0.39 is 29.0 Å². The molecule has 1 saturated heterocycles. The lowest BCUT2D eigenvalue weighted by molar-refractivity contribution is -0.337. The maximum absolute atomic E-state index is 13.5. The van der Waals surface area contributed by atoms with Crippen LogP contribution in [0.5, 0.6) is 0 Å². The molecule has 4 aromatic rings. The Morgan fingerprint density at radius 3 is 1.07 bits per heavy atom. The minimum atomic E-state index is -1.62. The highest BCUT2D eigenvalue weighted by atomic mass is 16.7. The molecule has 4 aromatic carbocycles. The molecule has 0 spiro atoms. The molecule has 0 aliphatic carbocycles. The first-order chi connectivity index (χ1) is 20.5. The fraction of sp³-hybridized carbons (Fsp3) is 0.400. The maximum Gasteiger partial charge on any atom is 0.163 e. The highest BCUT2D eigenvalue weighted by Crippen LogP contribution is 2.51. The summed E-state index contributed by atoms with van der Waals surface area (Å²) in [4.78, 5) is 0. The molecular weight excluding hydrogens is 544 g/mol. The van der Waals surface area contributed by atoms with Gasteiger partial charge in [0.05, 0.1) is 6.61 Å². The molecule has 4 heteroatoms. The third kappa shape index (κ3) is 6.01. The van der Waals surface area contributed by atoms with Crippen molar-refractivity contribution < 1.29 is 19.7 Å². The van der Waals surface area contributed by atoms with Crippen LogP contribution in [-0.4, -0.2) is 28.7 Å². The summed E-state index contributed by atoms with van der Waals surface area (Å²) in [6, 6.07) is 24.8. The molecule has 1 aliphatic heterocycles. The zero-order valence-electron chi connectivity index (χ0n) is 28.0. The number of aliphatic hydroxyl groups is 2.